The van der Waals surface area contributed by atoms with Crippen LogP contribution in [0, 0.1) is 25.2 Å². The third kappa shape index (κ3) is 3.13. The Kier molecular flexibility index (Phi) is 4.68. The maximum absolute atomic E-state index is 13.5. The molecule has 0 fully saturated rings. The summed E-state index contributed by atoms with van der Waals surface area (Å²) in [6.45, 7) is 3.24. The number of carbonyl (C=O) groups excluding carboxylic acids is 1. The number of para-hydroxylation sites is 1. The number of hydrogen-bond donors (Lipinski definition) is 1. The number of aromatic hydroxyl groups is 1. The number of fused-ring (bicyclic) bond motifs is 2. The number of aromatic nitrogens is 1. The lowest BCUT2D eigenvalue weighted by Crippen LogP contribution is -2.27. The van der Waals surface area contributed by atoms with E-state index in [-0.39, 0.29) is 35.8 Å². The van der Waals surface area contributed by atoms with E-state index in [1.807, 2.05) is 18.2 Å². The molecule has 0 radical (unpaired) electrons. The fraction of sp³-hybridized carbons (Fsp3) is 0.160. The van der Waals surface area contributed by atoms with Crippen LogP contribution in [-0.4, -0.2) is 22.2 Å². The molecule has 5 rings (SSSR count). The summed E-state index contributed by atoms with van der Waals surface area (Å²) in [5, 5.41) is 21.5. The Balaban J connectivity index is 1.66. The molecule has 2 aromatic carbocycles. The van der Waals surface area contributed by atoms with Crippen molar-refractivity contribution >= 4 is 16.8 Å². The summed E-state index contributed by atoms with van der Waals surface area (Å²) in [6, 6.07) is 14.2. The number of carbonyl (C=O) groups is 1. The minimum absolute atomic E-state index is 0.0479. The van der Waals surface area contributed by atoms with E-state index in [9.17, 15) is 20.0 Å². The van der Waals surface area contributed by atoms with Crippen molar-refractivity contribution in [3.63, 3.8) is 0 Å². The quantitative estimate of drug-likeness (QED) is 0.478. The maximum Gasteiger partial charge on any atom is 0.271 e. The average molecular weight is 442 g/mol. The van der Waals surface area contributed by atoms with E-state index >= 15 is 0 Å². The van der Waals surface area contributed by atoms with Crippen molar-refractivity contribution in [2.24, 2.45) is 0 Å². The van der Waals surface area contributed by atoms with Gasteiger partial charge in [0.05, 0.1) is 12.1 Å². The molecule has 0 aliphatic carbocycles. The van der Waals surface area contributed by atoms with Crippen LogP contribution in [0.1, 0.15) is 38.4 Å². The Morgan fingerprint density at radius 2 is 1.88 bits per heavy atom. The number of ether oxygens (including phenoxy) is 2. The molecule has 164 valence electrons. The number of nitriles is 1. The number of benzene rings is 2. The first-order chi connectivity index (χ1) is 15.9. The van der Waals surface area contributed by atoms with Crippen LogP contribution in [0.5, 0.6) is 17.4 Å². The molecular weight excluding hydrogens is 424 g/mol. The highest BCUT2D eigenvalue weighted by molar-refractivity contribution is 6.12. The second-order valence-electron chi connectivity index (χ2n) is 7.77. The van der Waals surface area contributed by atoms with Crippen LogP contribution in [0.15, 0.2) is 51.7 Å². The first-order valence-corrected chi connectivity index (χ1v) is 10.2. The van der Waals surface area contributed by atoms with Crippen molar-refractivity contribution in [3.05, 3.63) is 86.4 Å². The number of pyridine rings is 1. The van der Waals surface area contributed by atoms with Crippen LogP contribution in [-0.2, 0) is 6.54 Å². The molecule has 1 aliphatic rings. The molecule has 1 aliphatic heterocycles. The van der Waals surface area contributed by atoms with Crippen LogP contribution in [0.2, 0.25) is 0 Å². The van der Waals surface area contributed by atoms with Crippen molar-refractivity contribution in [1.29, 1.82) is 5.26 Å². The Morgan fingerprint density at radius 1 is 1.12 bits per heavy atom. The van der Waals surface area contributed by atoms with Crippen LogP contribution in [0.3, 0.4) is 0 Å². The predicted octanol–water partition coefficient (Wildman–Crippen LogP) is 3.80. The standard InChI is InChI=1S/C25H18N2O6/c1-13-17(10-26)24(29)27(11-15-7-8-19-20(9-15)32-12-31-19)25(30)21(13)22(28)23-14(2)16-5-3-4-6-18(16)33-23/h3-9,30H,11-12H2,1-2H3. The second-order valence-corrected chi connectivity index (χ2v) is 7.77. The van der Waals surface area contributed by atoms with Gasteiger partial charge in [0.1, 0.15) is 17.2 Å². The van der Waals surface area contributed by atoms with Crippen LogP contribution >= 0.6 is 0 Å². The summed E-state index contributed by atoms with van der Waals surface area (Å²) in [4.78, 5) is 26.5. The molecule has 0 spiro atoms. The van der Waals surface area contributed by atoms with Gasteiger partial charge in [-0.2, -0.15) is 5.26 Å². The topological polar surface area (TPSA) is 115 Å². The van der Waals surface area contributed by atoms with Crippen molar-refractivity contribution in [3.8, 4) is 23.4 Å². The molecule has 8 heteroatoms. The molecular formula is C25H18N2O6. The van der Waals surface area contributed by atoms with Gasteiger partial charge in [-0.15, -0.1) is 0 Å². The minimum Gasteiger partial charge on any atom is -0.494 e. The zero-order valence-electron chi connectivity index (χ0n) is 17.8. The normalized spacial score (nSPS) is 12.2. The molecule has 1 N–H and O–H groups in total. The van der Waals surface area contributed by atoms with Crippen LogP contribution in [0.25, 0.3) is 11.0 Å². The summed E-state index contributed by atoms with van der Waals surface area (Å²) in [7, 11) is 0. The zero-order valence-corrected chi connectivity index (χ0v) is 17.8. The predicted molar refractivity (Wildman–Crippen MR) is 118 cm³/mol. The zero-order chi connectivity index (χ0) is 23.3. The van der Waals surface area contributed by atoms with Gasteiger partial charge in [0.25, 0.3) is 5.56 Å². The number of hydrogen-bond acceptors (Lipinski definition) is 7. The summed E-state index contributed by atoms with van der Waals surface area (Å²) < 4.78 is 17.5. The van der Waals surface area contributed by atoms with Crippen LogP contribution in [0.4, 0.5) is 0 Å². The van der Waals surface area contributed by atoms with Gasteiger partial charge in [-0.05, 0) is 43.2 Å². The van der Waals surface area contributed by atoms with E-state index < -0.39 is 17.2 Å². The molecule has 0 amide bonds. The number of nitrogens with zero attached hydrogens (tertiary/aromatic N) is 2. The van der Waals surface area contributed by atoms with Gasteiger partial charge in [-0.25, -0.2) is 0 Å². The van der Waals surface area contributed by atoms with Gasteiger partial charge in [-0.3, -0.25) is 14.2 Å². The largest absolute Gasteiger partial charge is 0.494 e. The third-order valence-corrected chi connectivity index (χ3v) is 5.85. The number of furan rings is 1. The van der Waals surface area contributed by atoms with E-state index in [0.29, 0.717) is 28.2 Å². The highest BCUT2D eigenvalue weighted by Gasteiger charge is 2.29. The van der Waals surface area contributed by atoms with Crippen molar-refractivity contribution < 1.29 is 23.8 Å². The molecule has 0 atom stereocenters. The lowest BCUT2D eigenvalue weighted by molar-refractivity contribution is 0.101. The summed E-state index contributed by atoms with van der Waals surface area (Å²) in [5.41, 5.74) is 0.823. The van der Waals surface area contributed by atoms with Gasteiger partial charge in [-0.1, -0.05) is 24.3 Å². The van der Waals surface area contributed by atoms with Crippen molar-refractivity contribution in [2.45, 2.75) is 20.4 Å². The monoisotopic (exact) mass is 442 g/mol. The highest BCUT2D eigenvalue weighted by Crippen LogP contribution is 2.34. The van der Waals surface area contributed by atoms with E-state index in [1.165, 1.54) is 6.92 Å². The van der Waals surface area contributed by atoms with Gasteiger partial charge in [0.15, 0.2) is 17.3 Å². The second kappa shape index (κ2) is 7.57. The average Bonchev–Trinajstić information content (AvgIpc) is 3.41. The van der Waals surface area contributed by atoms with E-state index in [2.05, 4.69) is 0 Å². The molecule has 4 aromatic rings. The Labute approximate surface area is 187 Å². The Bertz CT molecular complexity index is 1550. The van der Waals surface area contributed by atoms with Crippen molar-refractivity contribution in [2.75, 3.05) is 6.79 Å². The van der Waals surface area contributed by atoms with Gasteiger partial charge >= 0.3 is 0 Å². The molecule has 3 heterocycles. The third-order valence-electron chi connectivity index (χ3n) is 5.85. The number of ketones is 1. The van der Waals surface area contributed by atoms with E-state index in [1.54, 1.807) is 37.3 Å². The fourth-order valence-electron chi connectivity index (χ4n) is 4.10. The first kappa shape index (κ1) is 20.4. The van der Waals surface area contributed by atoms with Gasteiger partial charge < -0.3 is 19.0 Å². The first-order valence-electron chi connectivity index (χ1n) is 10.2. The summed E-state index contributed by atoms with van der Waals surface area (Å²) >= 11 is 0. The Hall–Kier alpha value is -4.51. The molecule has 0 bridgehead atoms. The molecule has 33 heavy (non-hydrogen) atoms. The maximum atomic E-state index is 13.5. The fourth-order valence-corrected chi connectivity index (χ4v) is 4.10. The van der Waals surface area contributed by atoms with E-state index in [0.717, 1.165) is 9.95 Å². The molecule has 0 saturated carbocycles. The van der Waals surface area contributed by atoms with E-state index in [4.69, 9.17) is 13.9 Å². The number of aryl methyl sites for hydroxylation is 1. The summed E-state index contributed by atoms with van der Waals surface area (Å²) in [5.74, 6) is 0.00968. The Morgan fingerprint density at radius 3 is 2.64 bits per heavy atom. The van der Waals surface area contributed by atoms with Gasteiger partial charge in [0.2, 0.25) is 18.5 Å². The SMILES string of the molecule is Cc1c(C(=O)c2oc3ccccc3c2C)c(O)n(Cc2ccc3c(c2)OCO3)c(=O)c1C#N. The highest BCUT2D eigenvalue weighted by atomic mass is 16.7. The molecule has 0 saturated heterocycles. The lowest BCUT2D eigenvalue weighted by Gasteiger charge is -2.15. The van der Waals surface area contributed by atoms with Gasteiger partial charge in [0, 0.05) is 10.9 Å². The lowest BCUT2D eigenvalue weighted by atomic mass is 9.98. The minimum atomic E-state index is -0.692. The molecule has 0 unspecified atom stereocenters. The smallest absolute Gasteiger partial charge is 0.271 e. The molecule has 8 nitrogen and oxygen atoms in total. The van der Waals surface area contributed by atoms with Crippen molar-refractivity contribution in [1.82, 2.24) is 4.57 Å². The summed E-state index contributed by atoms with van der Waals surface area (Å²) in [6.07, 6.45) is 0. The van der Waals surface area contributed by atoms with Crippen LogP contribution < -0.4 is 15.0 Å². The number of rotatable bonds is 4. The molecule has 2 aromatic heterocycles.